The van der Waals surface area contributed by atoms with Gasteiger partial charge in [0.15, 0.2) is 0 Å². The van der Waals surface area contributed by atoms with Gasteiger partial charge in [0, 0.05) is 12.6 Å². The number of methoxy groups -OCH3 is 1. The molecule has 0 unspecified atom stereocenters. The molecule has 1 aromatic carbocycles. The molecule has 1 amide bonds. The van der Waals surface area contributed by atoms with Crippen molar-refractivity contribution in [2.75, 3.05) is 26.5 Å². The van der Waals surface area contributed by atoms with Gasteiger partial charge in [0.25, 0.3) is 10.1 Å². The van der Waals surface area contributed by atoms with E-state index in [0.717, 1.165) is 48.8 Å². The molecule has 4 atom stereocenters. The number of carbonyl (C=O) groups is 1. The molecule has 2 fully saturated rings. The normalized spacial score (nSPS) is 27.5. The van der Waals surface area contributed by atoms with Crippen LogP contribution in [-0.4, -0.2) is 50.9 Å². The van der Waals surface area contributed by atoms with Gasteiger partial charge in [0.1, 0.15) is 6.61 Å². The maximum Gasteiger partial charge on any atom is 0.410 e. The fourth-order valence-corrected chi connectivity index (χ4v) is 7.02. The Bertz CT molecular complexity index is 1190. The standard InChI is InChI=1S/C26H32N2O6S/c1-32-24-11-10-22-23(27-24)14-20-13-19(17-34-35(2,30)31)15-26(22)21(20)9-6-12-28(26)25(29)33-16-18-7-4-3-5-8-18/h3-5,7-8,10-11,19-21H,6,9,12-17H2,1-2H3/t19-,20+,21-,26-/m1/s1. The first-order valence-electron chi connectivity index (χ1n) is 12.2. The summed E-state index contributed by atoms with van der Waals surface area (Å²) in [4.78, 5) is 20.3. The highest BCUT2D eigenvalue weighted by molar-refractivity contribution is 7.85. The summed E-state index contributed by atoms with van der Waals surface area (Å²) in [6.45, 7) is 0.909. The summed E-state index contributed by atoms with van der Waals surface area (Å²) in [6, 6.07) is 13.5. The number of hydrogen-bond donors (Lipinski definition) is 0. The van der Waals surface area contributed by atoms with E-state index in [1.54, 1.807) is 7.11 Å². The van der Waals surface area contributed by atoms with Crippen molar-refractivity contribution in [3.63, 3.8) is 0 Å². The average molecular weight is 501 g/mol. The monoisotopic (exact) mass is 500 g/mol. The molecule has 2 aliphatic carbocycles. The van der Waals surface area contributed by atoms with Crippen molar-refractivity contribution in [3.05, 3.63) is 59.3 Å². The molecule has 2 heterocycles. The van der Waals surface area contributed by atoms with E-state index in [4.69, 9.17) is 18.6 Å². The van der Waals surface area contributed by atoms with Crippen LogP contribution in [0.15, 0.2) is 42.5 Å². The number of hydrogen-bond acceptors (Lipinski definition) is 7. The number of carbonyl (C=O) groups excluding carboxylic acids is 1. The van der Waals surface area contributed by atoms with Crippen LogP contribution < -0.4 is 4.74 Å². The molecule has 35 heavy (non-hydrogen) atoms. The molecule has 8 nitrogen and oxygen atoms in total. The van der Waals surface area contributed by atoms with E-state index >= 15 is 0 Å². The fraction of sp³-hybridized carbons (Fsp3) is 0.538. The summed E-state index contributed by atoms with van der Waals surface area (Å²) >= 11 is 0. The number of nitrogens with zero attached hydrogens (tertiary/aromatic N) is 2. The van der Waals surface area contributed by atoms with Crippen molar-refractivity contribution in [3.8, 4) is 5.88 Å². The number of likely N-dealkylation sites (tertiary alicyclic amines) is 1. The van der Waals surface area contributed by atoms with Crippen LogP contribution in [-0.2, 0) is 37.6 Å². The molecule has 0 N–H and O–H groups in total. The maximum absolute atomic E-state index is 13.6. The van der Waals surface area contributed by atoms with E-state index in [1.807, 2.05) is 47.4 Å². The lowest BCUT2D eigenvalue weighted by molar-refractivity contribution is -0.0905. The van der Waals surface area contributed by atoms with Crippen LogP contribution in [0.2, 0.25) is 0 Å². The van der Waals surface area contributed by atoms with Crippen LogP contribution in [0.1, 0.15) is 42.5 Å². The first-order valence-corrected chi connectivity index (χ1v) is 14.0. The topological polar surface area (TPSA) is 95.0 Å². The largest absolute Gasteiger partial charge is 0.481 e. The number of ether oxygens (including phenoxy) is 2. The van der Waals surface area contributed by atoms with Gasteiger partial charge in [-0.1, -0.05) is 30.3 Å². The van der Waals surface area contributed by atoms with Crippen LogP contribution >= 0.6 is 0 Å². The van der Waals surface area contributed by atoms with Gasteiger partial charge in [-0.3, -0.25) is 9.08 Å². The molecule has 3 aliphatic rings. The Labute approximate surface area is 206 Å². The van der Waals surface area contributed by atoms with Gasteiger partial charge >= 0.3 is 6.09 Å². The maximum atomic E-state index is 13.6. The molecule has 2 bridgehead atoms. The van der Waals surface area contributed by atoms with Gasteiger partial charge in [-0.05, 0) is 67.1 Å². The van der Waals surface area contributed by atoms with E-state index in [2.05, 4.69) is 0 Å². The molecule has 1 saturated carbocycles. The fourth-order valence-electron chi connectivity index (χ4n) is 6.58. The summed E-state index contributed by atoms with van der Waals surface area (Å²) in [7, 11) is -1.95. The van der Waals surface area contributed by atoms with Crippen LogP contribution in [0.25, 0.3) is 0 Å². The molecule has 2 aromatic rings. The minimum atomic E-state index is -3.55. The number of fused-ring (bicyclic) bond motifs is 1. The van der Waals surface area contributed by atoms with Gasteiger partial charge in [-0.15, -0.1) is 0 Å². The Morgan fingerprint density at radius 2 is 2.00 bits per heavy atom. The third-order valence-corrected chi connectivity index (χ3v) is 8.38. The van der Waals surface area contributed by atoms with Gasteiger partial charge in [-0.25, -0.2) is 9.78 Å². The number of pyridine rings is 1. The summed E-state index contributed by atoms with van der Waals surface area (Å²) in [5.74, 6) is 1.10. The SMILES string of the molecule is COc1ccc2c(n1)C[C@@H]1C[C@@H](COS(C)(=O)=O)C[C@@]23[C@@H]1CCCN3C(=O)OCc1ccccc1. The van der Waals surface area contributed by atoms with Crippen molar-refractivity contribution in [1.82, 2.24) is 9.88 Å². The predicted octanol–water partition coefficient (Wildman–Crippen LogP) is 3.89. The first-order chi connectivity index (χ1) is 16.8. The van der Waals surface area contributed by atoms with Crippen molar-refractivity contribution < 1.29 is 26.9 Å². The van der Waals surface area contributed by atoms with Crippen LogP contribution in [0, 0.1) is 17.8 Å². The third-order valence-electron chi connectivity index (χ3n) is 7.82. The number of aromatic nitrogens is 1. The Hall–Kier alpha value is -2.65. The summed E-state index contributed by atoms with van der Waals surface area (Å²) in [5, 5.41) is 0. The van der Waals surface area contributed by atoms with Crippen molar-refractivity contribution >= 4 is 16.2 Å². The summed E-state index contributed by atoms with van der Waals surface area (Å²) in [6.07, 6.45) is 4.90. The molecule has 188 valence electrons. The van der Waals surface area contributed by atoms with E-state index in [1.165, 1.54) is 0 Å². The second-order valence-electron chi connectivity index (χ2n) is 9.97. The lowest BCUT2D eigenvalue weighted by Crippen LogP contribution is -2.64. The highest BCUT2D eigenvalue weighted by atomic mass is 32.2. The third kappa shape index (κ3) is 4.63. The van der Waals surface area contributed by atoms with Crippen LogP contribution in [0.4, 0.5) is 4.79 Å². The molecule has 1 aromatic heterocycles. The van der Waals surface area contributed by atoms with E-state index in [9.17, 15) is 13.2 Å². The van der Waals surface area contributed by atoms with Crippen LogP contribution in [0.5, 0.6) is 5.88 Å². The molecule has 1 saturated heterocycles. The second kappa shape index (κ2) is 9.43. The van der Waals surface area contributed by atoms with Gasteiger partial charge in [0.2, 0.25) is 5.88 Å². The zero-order chi connectivity index (χ0) is 24.6. The van der Waals surface area contributed by atoms with E-state index in [-0.39, 0.29) is 37.1 Å². The van der Waals surface area contributed by atoms with Crippen molar-refractivity contribution in [2.45, 2.75) is 44.2 Å². The first kappa shape index (κ1) is 24.1. The number of piperidine rings is 1. The molecular formula is C26H32N2O6S. The Morgan fingerprint density at radius 1 is 1.20 bits per heavy atom. The number of rotatable bonds is 6. The lowest BCUT2D eigenvalue weighted by Gasteiger charge is -2.61. The Morgan fingerprint density at radius 3 is 2.74 bits per heavy atom. The van der Waals surface area contributed by atoms with E-state index in [0.29, 0.717) is 18.8 Å². The average Bonchev–Trinajstić information content (AvgIpc) is 2.85. The smallest absolute Gasteiger partial charge is 0.410 e. The van der Waals surface area contributed by atoms with Gasteiger partial charge in [-0.2, -0.15) is 8.42 Å². The van der Waals surface area contributed by atoms with Crippen molar-refractivity contribution in [1.29, 1.82) is 0 Å². The molecule has 0 radical (unpaired) electrons. The van der Waals surface area contributed by atoms with Crippen molar-refractivity contribution in [2.24, 2.45) is 17.8 Å². The minimum Gasteiger partial charge on any atom is -0.481 e. The number of amides is 1. The second-order valence-corrected chi connectivity index (χ2v) is 11.6. The van der Waals surface area contributed by atoms with Gasteiger partial charge < -0.3 is 9.47 Å². The highest BCUT2D eigenvalue weighted by Gasteiger charge is 2.59. The zero-order valence-electron chi connectivity index (χ0n) is 20.2. The highest BCUT2D eigenvalue weighted by Crippen LogP contribution is 2.59. The molecule has 1 aliphatic heterocycles. The predicted molar refractivity (Wildman–Crippen MR) is 129 cm³/mol. The zero-order valence-corrected chi connectivity index (χ0v) is 21.0. The van der Waals surface area contributed by atoms with Crippen LogP contribution in [0.3, 0.4) is 0 Å². The molecule has 9 heteroatoms. The van der Waals surface area contributed by atoms with E-state index < -0.39 is 15.7 Å². The lowest BCUT2D eigenvalue weighted by atomic mass is 9.53. The molecule has 0 spiro atoms. The number of benzene rings is 1. The molecule has 5 rings (SSSR count). The van der Waals surface area contributed by atoms with Gasteiger partial charge in [0.05, 0.1) is 31.2 Å². The quantitative estimate of drug-likeness (QED) is 0.555. The Kier molecular flexibility index (Phi) is 6.48. The molecular weight excluding hydrogens is 468 g/mol. The summed E-state index contributed by atoms with van der Waals surface area (Å²) < 4.78 is 39.9. The Balaban J connectivity index is 1.51. The summed E-state index contributed by atoms with van der Waals surface area (Å²) in [5.41, 5.74) is 2.31. The minimum absolute atomic E-state index is 0.00347.